The lowest BCUT2D eigenvalue weighted by molar-refractivity contribution is -0.175. The molecule has 3 nitrogen and oxygen atoms in total. The van der Waals surface area contributed by atoms with Crippen molar-refractivity contribution in [3.05, 3.63) is 0 Å². The Labute approximate surface area is 88.3 Å². The lowest BCUT2D eigenvalue weighted by atomic mass is 10.0. The van der Waals surface area contributed by atoms with Gasteiger partial charge in [0, 0.05) is 5.75 Å². The first kappa shape index (κ1) is 12.4. The van der Waals surface area contributed by atoms with Gasteiger partial charge in [0.25, 0.3) is 0 Å². The fourth-order valence-corrected chi connectivity index (χ4v) is 2.47. The van der Waals surface area contributed by atoms with Gasteiger partial charge in [0.1, 0.15) is 5.92 Å². The number of halogens is 3. The summed E-state index contributed by atoms with van der Waals surface area (Å²) >= 11 is 0.689. The Balaban J connectivity index is 2.68. The second-order valence-electron chi connectivity index (χ2n) is 2.96. The van der Waals surface area contributed by atoms with Crippen molar-refractivity contribution in [2.75, 3.05) is 12.4 Å². The number of hydrogen-bond acceptors (Lipinski definition) is 4. The smallest absolute Gasteiger partial charge is 0.399 e. The van der Waals surface area contributed by atoms with Gasteiger partial charge >= 0.3 is 12.1 Å². The highest BCUT2D eigenvalue weighted by molar-refractivity contribution is 8.01. The molecule has 1 rings (SSSR count). The third kappa shape index (κ3) is 2.64. The summed E-state index contributed by atoms with van der Waals surface area (Å²) in [6.07, 6.45) is -4.56. The number of thioether (sulfide) groups is 1. The van der Waals surface area contributed by atoms with Crippen molar-refractivity contribution in [2.45, 2.75) is 18.3 Å². The predicted molar refractivity (Wildman–Crippen MR) is 47.4 cm³/mol. The van der Waals surface area contributed by atoms with Crippen molar-refractivity contribution < 1.29 is 27.5 Å². The number of hydrogen-bond donors (Lipinski definition) is 0. The van der Waals surface area contributed by atoms with Crippen LogP contribution < -0.4 is 0 Å². The lowest BCUT2D eigenvalue weighted by Crippen LogP contribution is -2.35. The normalized spacial score (nSPS) is 26.8. The number of carbonyl (C=O) groups is 2. The van der Waals surface area contributed by atoms with Crippen molar-refractivity contribution in [3.63, 3.8) is 0 Å². The molecule has 7 heteroatoms. The fourth-order valence-electron chi connectivity index (χ4n) is 1.20. The Bertz CT molecular complexity index is 277. The first-order valence-corrected chi connectivity index (χ1v) is 5.31. The average molecular weight is 242 g/mol. The largest absolute Gasteiger partial charge is 0.465 e. The number of rotatable bonds is 2. The summed E-state index contributed by atoms with van der Waals surface area (Å²) in [5.74, 6) is -4.40. The number of esters is 1. The second kappa shape index (κ2) is 4.42. The maximum Gasteiger partial charge on any atom is 0.399 e. The summed E-state index contributed by atoms with van der Waals surface area (Å²) in [7, 11) is 0. The van der Waals surface area contributed by atoms with Crippen molar-refractivity contribution in [3.8, 4) is 0 Å². The van der Waals surface area contributed by atoms with E-state index in [4.69, 9.17) is 0 Å². The first-order valence-electron chi connectivity index (χ1n) is 4.26. The molecule has 0 aromatic carbocycles. The van der Waals surface area contributed by atoms with Gasteiger partial charge in [-0.2, -0.15) is 13.2 Å². The van der Waals surface area contributed by atoms with Crippen molar-refractivity contribution in [2.24, 2.45) is 5.92 Å². The van der Waals surface area contributed by atoms with Crippen LogP contribution >= 0.6 is 11.8 Å². The van der Waals surface area contributed by atoms with Crippen molar-refractivity contribution in [1.29, 1.82) is 0 Å². The highest BCUT2D eigenvalue weighted by atomic mass is 32.2. The lowest BCUT2D eigenvalue weighted by Gasteiger charge is -2.12. The van der Waals surface area contributed by atoms with Gasteiger partial charge in [-0.05, 0) is 6.92 Å². The van der Waals surface area contributed by atoms with E-state index in [0.717, 1.165) is 0 Å². The molecule has 1 heterocycles. The van der Waals surface area contributed by atoms with Gasteiger partial charge in [-0.25, -0.2) is 0 Å². The van der Waals surface area contributed by atoms with E-state index in [9.17, 15) is 22.8 Å². The quantitative estimate of drug-likeness (QED) is 0.542. The van der Waals surface area contributed by atoms with E-state index >= 15 is 0 Å². The van der Waals surface area contributed by atoms with Gasteiger partial charge in [-0.3, -0.25) is 9.59 Å². The number of ether oxygens (including phenoxy) is 1. The minimum Gasteiger partial charge on any atom is -0.465 e. The number of Topliss-reactive ketones (excluding diaryl/α,β-unsaturated/α-hetero) is 1. The molecule has 0 saturated carbocycles. The van der Waals surface area contributed by atoms with Crippen LogP contribution in [0.4, 0.5) is 13.2 Å². The first-order chi connectivity index (χ1) is 6.88. The molecule has 0 radical (unpaired) electrons. The molecule has 0 N–H and O–H groups in total. The Morgan fingerprint density at radius 3 is 2.60 bits per heavy atom. The van der Waals surface area contributed by atoms with Crippen LogP contribution in [0.3, 0.4) is 0 Å². The Morgan fingerprint density at radius 2 is 2.20 bits per heavy atom. The van der Waals surface area contributed by atoms with E-state index < -0.39 is 34.8 Å². The van der Waals surface area contributed by atoms with Crippen LogP contribution in [0.5, 0.6) is 0 Å². The molecule has 86 valence electrons. The highest BCUT2D eigenvalue weighted by Gasteiger charge is 2.53. The molecule has 0 aliphatic carbocycles. The molecular formula is C8H9F3O3S. The van der Waals surface area contributed by atoms with E-state index in [2.05, 4.69) is 4.74 Å². The minimum absolute atomic E-state index is 0.0554. The molecule has 1 fully saturated rings. The number of ketones is 1. The molecule has 0 spiro atoms. The Hall–Kier alpha value is -0.720. The molecule has 1 saturated heterocycles. The summed E-state index contributed by atoms with van der Waals surface area (Å²) in [6, 6.07) is 0. The van der Waals surface area contributed by atoms with Gasteiger partial charge in [-0.1, -0.05) is 0 Å². The van der Waals surface area contributed by atoms with E-state index in [-0.39, 0.29) is 6.61 Å². The van der Waals surface area contributed by atoms with Gasteiger partial charge in [0.2, 0.25) is 0 Å². The SMILES string of the molecule is CCOC(=O)C1SCC(C(F)(F)F)C1=O. The predicted octanol–water partition coefficient (Wildman–Crippen LogP) is 1.41. The fraction of sp³-hybridized carbons (Fsp3) is 0.750. The molecule has 0 bridgehead atoms. The monoisotopic (exact) mass is 242 g/mol. The van der Waals surface area contributed by atoms with E-state index in [1.807, 2.05) is 0 Å². The molecule has 1 aliphatic heterocycles. The summed E-state index contributed by atoms with van der Waals surface area (Å²) in [6.45, 7) is 1.59. The van der Waals surface area contributed by atoms with E-state index in [1.165, 1.54) is 6.92 Å². The van der Waals surface area contributed by atoms with Crippen LogP contribution in [0.1, 0.15) is 6.92 Å². The number of carbonyl (C=O) groups excluding carboxylic acids is 2. The van der Waals surface area contributed by atoms with Crippen molar-refractivity contribution in [1.82, 2.24) is 0 Å². The summed E-state index contributed by atoms with van der Waals surface area (Å²) < 4.78 is 41.3. The second-order valence-corrected chi connectivity index (χ2v) is 4.10. The summed E-state index contributed by atoms with van der Waals surface area (Å²) in [5.41, 5.74) is 0. The van der Waals surface area contributed by atoms with Crippen LogP contribution in [0.15, 0.2) is 0 Å². The maximum atomic E-state index is 12.2. The summed E-state index contributed by atoms with van der Waals surface area (Å²) in [4.78, 5) is 22.3. The molecule has 0 amide bonds. The molecule has 0 aromatic heterocycles. The zero-order chi connectivity index (χ0) is 11.6. The third-order valence-electron chi connectivity index (χ3n) is 1.93. The Kier molecular flexibility index (Phi) is 3.64. The van der Waals surface area contributed by atoms with Gasteiger partial charge in [0.15, 0.2) is 11.0 Å². The molecule has 2 atom stereocenters. The zero-order valence-corrected chi connectivity index (χ0v) is 8.65. The highest BCUT2D eigenvalue weighted by Crippen LogP contribution is 2.39. The molecular weight excluding hydrogens is 233 g/mol. The van der Waals surface area contributed by atoms with Crippen LogP contribution in [0.2, 0.25) is 0 Å². The van der Waals surface area contributed by atoms with Crippen molar-refractivity contribution >= 4 is 23.5 Å². The molecule has 0 aromatic rings. The Morgan fingerprint density at radius 1 is 1.60 bits per heavy atom. The van der Waals surface area contributed by atoms with Gasteiger partial charge in [-0.15, -0.1) is 11.8 Å². The zero-order valence-electron chi connectivity index (χ0n) is 7.84. The average Bonchev–Trinajstić information content (AvgIpc) is 2.46. The molecule has 2 unspecified atom stereocenters. The van der Waals surface area contributed by atoms with Crippen LogP contribution in [0.25, 0.3) is 0 Å². The van der Waals surface area contributed by atoms with Crippen LogP contribution in [-0.4, -0.2) is 35.5 Å². The minimum atomic E-state index is -4.56. The topological polar surface area (TPSA) is 43.4 Å². The third-order valence-corrected chi connectivity index (χ3v) is 3.21. The van der Waals surface area contributed by atoms with E-state index in [1.54, 1.807) is 0 Å². The van der Waals surface area contributed by atoms with Gasteiger partial charge < -0.3 is 4.74 Å². The molecule has 1 aliphatic rings. The van der Waals surface area contributed by atoms with Gasteiger partial charge in [0.05, 0.1) is 6.61 Å². The molecule has 15 heavy (non-hydrogen) atoms. The van der Waals surface area contributed by atoms with Crippen LogP contribution in [-0.2, 0) is 14.3 Å². The summed E-state index contributed by atoms with van der Waals surface area (Å²) in [5, 5.41) is -1.31. The maximum absolute atomic E-state index is 12.2. The standard InChI is InChI=1S/C8H9F3O3S/c1-2-14-7(13)6-5(12)4(3-15-6)8(9,10)11/h4,6H,2-3H2,1H3. The van der Waals surface area contributed by atoms with E-state index in [0.29, 0.717) is 11.8 Å². The number of alkyl halides is 3. The van der Waals surface area contributed by atoms with Crippen LogP contribution in [0, 0.1) is 5.92 Å².